The largest absolute Gasteiger partial charge is 0.307 e. The second-order valence-corrected chi connectivity index (χ2v) is 7.53. The number of azo groups is 1. The van der Waals surface area contributed by atoms with Crippen LogP contribution in [0.1, 0.15) is 32.1 Å². The molecule has 2 aromatic carbocycles. The minimum Gasteiger partial charge on any atom is -0.307 e. The normalized spacial score (nSPS) is 10.8. The number of nitrogens with zero attached hydrogens (tertiary/aromatic N) is 4. The summed E-state index contributed by atoms with van der Waals surface area (Å²) >= 11 is 0. The number of amides is 2. The van der Waals surface area contributed by atoms with E-state index in [1.807, 2.05) is 38.1 Å². The number of carbonyl (C=O) groups is 2. The van der Waals surface area contributed by atoms with Crippen molar-refractivity contribution in [3.63, 3.8) is 0 Å². The second kappa shape index (κ2) is 10.3. The summed E-state index contributed by atoms with van der Waals surface area (Å²) in [6, 6.07) is 24.4. The predicted octanol–water partition coefficient (Wildman–Crippen LogP) is 6.01. The lowest BCUT2D eigenvalue weighted by atomic mass is 10.2. The SMILES string of the molecule is Cc1cccc(NC(=O)c2ccc(N=Nc3ccc(C(=O)Nc4cccc(C)n4)cc3)cc2)n1. The van der Waals surface area contributed by atoms with E-state index < -0.39 is 0 Å². The van der Waals surface area contributed by atoms with Crippen molar-refractivity contribution in [2.45, 2.75) is 13.8 Å². The van der Waals surface area contributed by atoms with Crippen LogP contribution in [0.2, 0.25) is 0 Å². The molecule has 0 saturated heterocycles. The Morgan fingerprint density at radius 2 is 0.971 bits per heavy atom. The van der Waals surface area contributed by atoms with Crippen LogP contribution < -0.4 is 10.6 Å². The molecule has 2 amide bonds. The lowest BCUT2D eigenvalue weighted by molar-refractivity contribution is 0.101. The number of rotatable bonds is 6. The summed E-state index contributed by atoms with van der Waals surface area (Å²) in [7, 11) is 0. The molecule has 0 atom stereocenters. The van der Waals surface area contributed by atoms with E-state index in [2.05, 4.69) is 30.8 Å². The van der Waals surface area contributed by atoms with E-state index in [1.54, 1.807) is 60.7 Å². The van der Waals surface area contributed by atoms with Gasteiger partial charge in [-0.05, 0) is 86.6 Å². The van der Waals surface area contributed by atoms with Gasteiger partial charge < -0.3 is 10.6 Å². The molecule has 34 heavy (non-hydrogen) atoms. The molecular weight excluding hydrogens is 428 g/mol. The molecule has 4 aromatic rings. The van der Waals surface area contributed by atoms with Crippen LogP contribution in [0.15, 0.2) is 95.2 Å². The van der Waals surface area contributed by atoms with Crippen molar-refractivity contribution >= 4 is 34.8 Å². The zero-order valence-corrected chi connectivity index (χ0v) is 18.7. The summed E-state index contributed by atoms with van der Waals surface area (Å²) < 4.78 is 0. The molecule has 4 rings (SSSR count). The zero-order chi connectivity index (χ0) is 23.9. The van der Waals surface area contributed by atoms with Gasteiger partial charge in [-0.25, -0.2) is 9.97 Å². The zero-order valence-electron chi connectivity index (χ0n) is 18.7. The van der Waals surface area contributed by atoms with Crippen molar-refractivity contribution in [2.75, 3.05) is 10.6 Å². The van der Waals surface area contributed by atoms with Gasteiger partial charge in [-0.3, -0.25) is 9.59 Å². The van der Waals surface area contributed by atoms with Crippen LogP contribution in [0.4, 0.5) is 23.0 Å². The third-order valence-electron chi connectivity index (χ3n) is 4.80. The summed E-state index contributed by atoms with van der Waals surface area (Å²) in [6.45, 7) is 3.72. The minimum atomic E-state index is -0.253. The van der Waals surface area contributed by atoms with Gasteiger partial charge in [0, 0.05) is 22.5 Å². The molecule has 0 radical (unpaired) electrons. The minimum absolute atomic E-state index is 0.253. The van der Waals surface area contributed by atoms with Crippen LogP contribution >= 0.6 is 0 Å². The second-order valence-electron chi connectivity index (χ2n) is 7.53. The Balaban J connectivity index is 1.36. The number of benzene rings is 2. The highest BCUT2D eigenvalue weighted by Gasteiger charge is 2.08. The predicted molar refractivity (Wildman–Crippen MR) is 131 cm³/mol. The first-order valence-corrected chi connectivity index (χ1v) is 10.6. The lowest BCUT2D eigenvalue weighted by Gasteiger charge is -2.05. The highest BCUT2D eigenvalue weighted by atomic mass is 16.2. The van der Waals surface area contributed by atoms with Crippen LogP contribution in [0.3, 0.4) is 0 Å². The van der Waals surface area contributed by atoms with Crippen LogP contribution in [0.5, 0.6) is 0 Å². The van der Waals surface area contributed by atoms with Gasteiger partial charge in [-0.15, -0.1) is 0 Å². The first-order valence-electron chi connectivity index (χ1n) is 10.6. The molecule has 0 aliphatic rings. The standard InChI is InChI=1S/C26H22N6O2/c1-17-5-3-7-23(27-17)29-25(33)19-9-13-21(14-10-19)31-32-22-15-11-20(12-16-22)26(34)30-24-8-4-6-18(2)28-24/h3-16H,1-2H3,(H,27,29,33)(H,28,30,34). The molecule has 0 spiro atoms. The number of hydrogen-bond acceptors (Lipinski definition) is 6. The Morgan fingerprint density at radius 1 is 0.588 bits per heavy atom. The topological polar surface area (TPSA) is 109 Å². The Labute approximate surface area is 196 Å². The Morgan fingerprint density at radius 3 is 1.32 bits per heavy atom. The van der Waals surface area contributed by atoms with Crippen LogP contribution in [0.25, 0.3) is 0 Å². The fourth-order valence-corrected chi connectivity index (χ4v) is 3.08. The van der Waals surface area contributed by atoms with E-state index >= 15 is 0 Å². The molecule has 0 unspecified atom stereocenters. The van der Waals surface area contributed by atoms with Crippen molar-refractivity contribution in [1.82, 2.24) is 9.97 Å². The number of nitrogens with one attached hydrogen (secondary N) is 2. The number of aryl methyl sites for hydroxylation is 2. The smallest absolute Gasteiger partial charge is 0.256 e. The lowest BCUT2D eigenvalue weighted by Crippen LogP contribution is -2.12. The Kier molecular flexibility index (Phi) is 6.78. The Hall–Kier alpha value is -4.72. The molecule has 2 heterocycles. The van der Waals surface area contributed by atoms with Crippen LogP contribution in [-0.4, -0.2) is 21.8 Å². The molecular formula is C26H22N6O2. The maximum absolute atomic E-state index is 12.4. The van der Waals surface area contributed by atoms with Gasteiger partial charge in [0.15, 0.2) is 0 Å². The van der Waals surface area contributed by atoms with Gasteiger partial charge in [-0.2, -0.15) is 10.2 Å². The quantitative estimate of drug-likeness (QED) is 0.350. The number of hydrogen-bond donors (Lipinski definition) is 2. The molecule has 0 fully saturated rings. The number of anilines is 2. The average Bonchev–Trinajstić information content (AvgIpc) is 2.83. The van der Waals surface area contributed by atoms with E-state index in [0.717, 1.165) is 11.4 Å². The van der Waals surface area contributed by atoms with Gasteiger partial charge in [0.1, 0.15) is 11.6 Å². The van der Waals surface area contributed by atoms with E-state index in [0.29, 0.717) is 34.1 Å². The summed E-state index contributed by atoms with van der Waals surface area (Å²) in [5, 5.41) is 13.9. The van der Waals surface area contributed by atoms with Gasteiger partial charge >= 0.3 is 0 Å². The summed E-state index contributed by atoms with van der Waals surface area (Å²) in [4.78, 5) is 33.3. The fourth-order valence-electron chi connectivity index (χ4n) is 3.08. The first-order chi connectivity index (χ1) is 16.5. The van der Waals surface area contributed by atoms with Crippen LogP contribution in [-0.2, 0) is 0 Å². The molecule has 8 heteroatoms. The highest BCUT2D eigenvalue weighted by Crippen LogP contribution is 2.20. The van der Waals surface area contributed by atoms with Gasteiger partial charge in [0.05, 0.1) is 11.4 Å². The summed E-state index contributed by atoms with van der Waals surface area (Å²) in [5.41, 5.74) is 3.81. The summed E-state index contributed by atoms with van der Waals surface area (Å²) in [5.74, 6) is 0.495. The third kappa shape index (κ3) is 5.95. The molecule has 2 aromatic heterocycles. The molecule has 0 saturated carbocycles. The molecule has 0 aliphatic heterocycles. The van der Waals surface area contributed by atoms with Crippen molar-refractivity contribution in [1.29, 1.82) is 0 Å². The maximum Gasteiger partial charge on any atom is 0.256 e. The van der Waals surface area contributed by atoms with Crippen molar-refractivity contribution in [3.8, 4) is 0 Å². The molecule has 0 aliphatic carbocycles. The molecule has 2 N–H and O–H groups in total. The number of carbonyl (C=O) groups excluding carboxylic acids is 2. The molecule has 0 bridgehead atoms. The first kappa shape index (κ1) is 22.5. The van der Waals surface area contributed by atoms with Gasteiger partial charge in [0.2, 0.25) is 0 Å². The average molecular weight is 451 g/mol. The van der Waals surface area contributed by atoms with E-state index in [-0.39, 0.29) is 11.8 Å². The van der Waals surface area contributed by atoms with E-state index in [1.165, 1.54) is 0 Å². The number of pyridine rings is 2. The maximum atomic E-state index is 12.4. The molecule has 168 valence electrons. The highest BCUT2D eigenvalue weighted by molar-refractivity contribution is 6.04. The van der Waals surface area contributed by atoms with Crippen molar-refractivity contribution < 1.29 is 9.59 Å². The monoisotopic (exact) mass is 450 g/mol. The van der Waals surface area contributed by atoms with Crippen molar-refractivity contribution in [2.24, 2.45) is 10.2 Å². The third-order valence-corrected chi connectivity index (χ3v) is 4.80. The van der Waals surface area contributed by atoms with E-state index in [4.69, 9.17) is 0 Å². The van der Waals surface area contributed by atoms with E-state index in [9.17, 15) is 9.59 Å². The van der Waals surface area contributed by atoms with Gasteiger partial charge in [0.25, 0.3) is 11.8 Å². The van der Waals surface area contributed by atoms with Crippen molar-refractivity contribution in [3.05, 3.63) is 107 Å². The molecule has 8 nitrogen and oxygen atoms in total. The fraction of sp³-hybridized carbons (Fsp3) is 0.0769. The number of aromatic nitrogens is 2. The van der Waals surface area contributed by atoms with Gasteiger partial charge in [-0.1, -0.05) is 12.1 Å². The van der Waals surface area contributed by atoms with Crippen LogP contribution in [0, 0.1) is 13.8 Å². The Bertz CT molecular complexity index is 1240. The summed E-state index contributed by atoms with van der Waals surface area (Å²) in [6.07, 6.45) is 0.